The third-order valence-electron chi connectivity index (χ3n) is 3.56. The topological polar surface area (TPSA) is 102 Å². The summed E-state index contributed by atoms with van der Waals surface area (Å²) >= 11 is 0. The number of carbonyl (C=O) groups excluding carboxylic acids is 1. The van der Waals surface area contributed by atoms with Crippen LogP contribution < -0.4 is 14.8 Å². The zero-order valence-corrected chi connectivity index (χ0v) is 13.8. The number of rotatable bonds is 6. The molecule has 1 aromatic heterocycles. The van der Waals surface area contributed by atoms with E-state index in [4.69, 9.17) is 9.47 Å². The first-order valence-corrected chi connectivity index (χ1v) is 7.54. The second kappa shape index (κ2) is 7.43. The van der Waals surface area contributed by atoms with Crippen molar-refractivity contribution in [2.24, 2.45) is 0 Å². The van der Waals surface area contributed by atoms with Crippen LogP contribution in [0.15, 0.2) is 42.5 Å². The van der Waals surface area contributed by atoms with Crippen molar-refractivity contribution in [2.45, 2.75) is 6.42 Å². The molecule has 0 saturated carbocycles. The quantitative estimate of drug-likeness (QED) is 0.713. The van der Waals surface area contributed by atoms with Crippen molar-refractivity contribution in [2.75, 3.05) is 19.5 Å². The summed E-state index contributed by atoms with van der Waals surface area (Å²) in [5, 5.41) is 16.6. The van der Waals surface area contributed by atoms with Crippen LogP contribution in [-0.4, -0.2) is 40.8 Å². The second-order valence-corrected chi connectivity index (χ2v) is 5.23. The predicted octanol–water partition coefficient (Wildman–Crippen LogP) is 2.07. The molecule has 0 fully saturated rings. The molecule has 0 spiro atoms. The van der Waals surface area contributed by atoms with Gasteiger partial charge in [-0.15, -0.1) is 10.2 Å². The lowest BCUT2D eigenvalue weighted by atomic mass is 10.1. The molecule has 0 unspecified atom stereocenters. The maximum absolute atomic E-state index is 12.3. The normalized spacial score (nSPS) is 10.3. The van der Waals surface area contributed by atoms with Crippen LogP contribution >= 0.6 is 0 Å². The highest BCUT2D eigenvalue weighted by atomic mass is 16.5. The van der Waals surface area contributed by atoms with Crippen LogP contribution in [0.3, 0.4) is 0 Å². The van der Waals surface area contributed by atoms with E-state index in [2.05, 4.69) is 25.9 Å². The SMILES string of the molecule is COc1ccc(CC(=O)Nc2cccc(-c3nn[nH]n3)c2)cc1OC. The van der Waals surface area contributed by atoms with E-state index < -0.39 is 0 Å². The van der Waals surface area contributed by atoms with Crippen molar-refractivity contribution in [1.82, 2.24) is 20.6 Å². The average Bonchev–Trinajstić information content (AvgIpc) is 3.16. The Morgan fingerprint density at radius 3 is 2.68 bits per heavy atom. The van der Waals surface area contributed by atoms with Crippen LogP contribution in [0.25, 0.3) is 11.4 Å². The van der Waals surface area contributed by atoms with Gasteiger partial charge >= 0.3 is 0 Å². The molecule has 0 aliphatic heterocycles. The maximum atomic E-state index is 12.3. The highest BCUT2D eigenvalue weighted by Gasteiger charge is 2.10. The Balaban J connectivity index is 1.70. The van der Waals surface area contributed by atoms with Gasteiger partial charge < -0.3 is 14.8 Å². The van der Waals surface area contributed by atoms with Crippen molar-refractivity contribution in [3.05, 3.63) is 48.0 Å². The molecule has 1 heterocycles. The molecule has 0 saturated heterocycles. The number of anilines is 1. The molecule has 2 aromatic carbocycles. The van der Waals surface area contributed by atoms with Crippen molar-refractivity contribution >= 4 is 11.6 Å². The Morgan fingerprint density at radius 2 is 1.96 bits per heavy atom. The van der Waals surface area contributed by atoms with Gasteiger partial charge in [-0.2, -0.15) is 5.21 Å². The molecule has 8 heteroatoms. The average molecular weight is 339 g/mol. The fourth-order valence-electron chi connectivity index (χ4n) is 2.40. The van der Waals surface area contributed by atoms with Crippen LogP contribution in [0.1, 0.15) is 5.56 Å². The van der Waals surface area contributed by atoms with Gasteiger partial charge in [-0.25, -0.2) is 0 Å². The zero-order valence-electron chi connectivity index (χ0n) is 13.8. The molecular formula is C17H17N5O3. The molecule has 1 amide bonds. The van der Waals surface area contributed by atoms with Crippen molar-refractivity contribution < 1.29 is 14.3 Å². The molecule has 25 heavy (non-hydrogen) atoms. The molecule has 3 aromatic rings. The monoisotopic (exact) mass is 339 g/mol. The van der Waals surface area contributed by atoms with Gasteiger partial charge in [0.1, 0.15) is 0 Å². The van der Waals surface area contributed by atoms with E-state index in [9.17, 15) is 4.79 Å². The van der Waals surface area contributed by atoms with Crippen LogP contribution in [0.2, 0.25) is 0 Å². The summed E-state index contributed by atoms with van der Waals surface area (Å²) in [4.78, 5) is 12.3. The number of aromatic nitrogens is 4. The molecular weight excluding hydrogens is 322 g/mol. The van der Waals surface area contributed by atoms with Crippen LogP contribution in [0.4, 0.5) is 5.69 Å². The summed E-state index contributed by atoms with van der Waals surface area (Å²) in [6, 6.07) is 12.6. The molecule has 8 nitrogen and oxygen atoms in total. The van der Waals surface area contributed by atoms with E-state index in [1.807, 2.05) is 18.2 Å². The minimum absolute atomic E-state index is 0.141. The van der Waals surface area contributed by atoms with E-state index in [0.29, 0.717) is 23.0 Å². The maximum Gasteiger partial charge on any atom is 0.228 e. The molecule has 0 aliphatic rings. The summed E-state index contributed by atoms with van der Waals surface area (Å²) in [6.07, 6.45) is 0.215. The fraction of sp³-hybridized carbons (Fsp3) is 0.176. The highest BCUT2D eigenvalue weighted by molar-refractivity contribution is 5.92. The number of amides is 1. The zero-order chi connectivity index (χ0) is 17.6. The first kappa shape index (κ1) is 16.4. The predicted molar refractivity (Wildman–Crippen MR) is 91.5 cm³/mol. The van der Waals surface area contributed by atoms with Gasteiger partial charge in [0.25, 0.3) is 0 Å². The summed E-state index contributed by atoms with van der Waals surface area (Å²) in [5.74, 6) is 1.54. The van der Waals surface area contributed by atoms with E-state index in [1.165, 1.54) is 0 Å². The Kier molecular flexibility index (Phi) is 4.89. The van der Waals surface area contributed by atoms with Gasteiger partial charge in [-0.3, -0.25) is 4.79 Å². The van der Waals surface area contributed by atoms with Crippen molar-refractivity contribution in [1.29, 1.82) is 0 Å². The molecule has 0 bridgehead atoms. The number of aromatic amines is 1. The largest absolute Gasteiger partial charge is 0.493 e. The smallest absolute Gasteiger partial charge is 0.228 e. The van der Waals surface area contributed by atoms with Gasteiger partial charge in [0, 0.05) is 11.3 Å². The summed E-state index contributed by atoms with van der Waals surface area (Å²) in [6.45, 7) is 0. The molecule has 128 valence electrons. The minimum atomic E-state index is -0.141. The second-order valence-electron chi connectivity index (χ2n) is 5.23. The number of nitrogens with one attached hydrogen (secondary N) is 2. The van der Waals surface area contributed by atoms with Crippen LogP contribution in [0, 0.1) is 0 Å². The molecule has 2 N–H and O–H groups in total. The number of benzene rings is 2. The number of tetrazole rings is 1. The van der Waals surface area contributed by atoms with Gasteiger partial charge in [0.15, 0.2) is 11.5 Å². The lowest BCUT2D eigenvalue weighted by Crippen LogP contribution is -2.14. The molecule has 3 rings (SSSR count). The first-order chi connectivity index (χ1) is 12.2. The first-order valence-electron chi connectivity index (χ1n) is 7.54. The standard InChI is InChI=1S/C17H17N5O3/c1-24-14-7-6-11(8-15(14)25-2)9-16(23)18-13-5-3-4-12(10-13)17-19-21-22-20-17/h3-8,10H,9H2,1-2H3,(H,18,23)(H,19,20,21,22). The minimum Gasteiger partial charge on any atom is -0.493 e. The Bertz CT molecular complexity index is 864. The Morgan fingerprint density at radius 1 is 1.12 bits per heavy atom. The van der Waals surface area contributed by atoms with Crippen molar-refractivity contribution in [3.8, 4) is 22.9 Å². The Labute approximate surface area is 144 Å². The fourth-order valence-corrected chi connectivity index (χ4v) is 2.40. The van der Waals surface area contributed by atoms with Gasteiger partial charge in [-0.05, 0) is 35.0 Å². The van der Waals surface area contributed by atoms with Gasteiger partial charge in [-0.1, -0.05) is 18.2 Å². The third kappa shape index (κ3) is 3.92. The third-order valence-corrected chi connectivity index (χ3v) is 3.56. The molecule has 0 aliphatic carbocycles. The highest BCUT2D eigenvalue weighted by Crippen LogP contribution is 2.28. The lowest BCUT2D eigenvalue weighted by Gasteiger charge is -2.10. The lowest BCUT2D eigenvalue weighted by molar-refractivity contribution is -0.115. The number of ether oxygens (including phenoxy) is 2. The van der Waals surface area contributed by atoms with Crippen LogP contribution in [-0.2, 0) is 11.2 Å². The van der Waals surface area contributed by atoms with E-state index >= 15 is 0 Å². The van der Waals surface area contributed by atoms with Crippen molar-refractivity contribution in [3.63, 3.8) is 0 Å². The molecule has 0 radical (unpaired) electrons. The summed E-state index contributed by atoms with van der Waals surface area (Å²) in [5.41, 5.74) is 2.25. The number of H-pyrrole nitrogens is 1. The number of methoxy groups -OCH3 is 2. The Hall–Kier alpha value is -3.42. The number of nitrogens with zero attached hydrogens (tertiary/aromatic N) is 3. The summed E-state index contributed by atoms with van der Waals surface area (Å²) < 4.78 is 10.4. The van der Waals surface area contributed by atoms with E-state index in [1.54, 1.807) is 38.5 Å². The number of carbonyl (C=O) groups is 1. The summed E-state index contributed by atoms with van der Waals surface area (Å²) in [7, 11) is 3.13. The van der Waals surface area contributed by atoms with E-state index in [0.717, 1.165) is 11.1 Å². The van der Waals surface area contributed by atoms with Gasteiger partial charge in [0.05, 0.1) is 20.6 Å². The van der Waals surface area contributed by atoms with Gasteiger partial charge in [0.2, 0.25) is 11.7 Å². The molecule has 0 atom stereocenters. The number of hydrogen-bond acceptors (Lipinski definition) is 6. The van der Waals surface area contributed by atoms with E-state index in [-0.39, 0.29) is 12.3 Å². The van der Waals surface area contributed by atoms with Crippen LogP contribution in [0.5, 0.6) is 11.5 Å². The number of hydrogen-bond donors (Lipinski definition) is 2.